The van der Waals surface area contributed by atoms with E-state index in [1.165, 1.54) is 25.1 Å². The number of fused-ring (bicyclic) bond motifs is 4. The maximum Gasteiger partial charge on any atom is 0.230 e. The third kappa shape index (κ3) is 3.28. The summed E-state index contributed by atoms with van der Waals surface area (Å²) in [5, 5.41) is 2.71. The van der Waals surface area contributed by atoms with E-state index in [2.05, 4.69) is 10.3 Å². The number of amides is 1. The smallest absolute Gasteiger partial charge is 0.230 e. The van der Waals surface area contributed by atoms with Crippen LogP contribution in [0, 0.1) is 11.7 Å². The fourth-order valence-electron chi connectivity index (χ4n) is 2.83. The fourth-order valence-corrected chi connectivity index (χ4v) is 2.83. The zero-order valence-electron chi connectivity index (χ0n) is 13.3. The van der Waals surface area contributed by atoms with Crippen molar-refractivity contribution in [3.05, 3.63) is 48.0 Å². The Bertz CT molecular complexity index is 766. The number of anilines is 1. The minimum atomic E-state index is -1.30. The molecule has 4 nitrogen and oxygen atoms in total. The Hall–Kier alpha value is -2.34. The van der Waals surface area contributed by atoms with Gasteiger partial charge in [-0.1, -0.05) is 6.92 Å². The predicted octanol–water partition coefficient (Wildman–Crippen LogP) is 3.59. The molecule has 2 aromatic rings. The van der Waals surface area contributed by atoms with Gasteiger partial charge in [-0.05, 0) is 48.7 Å². The van der Waals surface area contributed by atoms with E-state index in [1.54, 1.807) is 18.3 Å². The molecule has 0 spiro atoms. The summed E-state index contributed by atoms with van der Waals surface area (Å²) in [6.07, 6.45) is 0.841. The number of benzene rings is 1. The molecule has 126 valence electrons. The summed E-state index contributed by atoms with van der Waals surface area (Å²) in [4.78, 5) is 16.5. The van der Waals surface area contributed by atoms with Gasteiger partial charge in [0.05, 0.1) is 11.6 Å². The Labute approximate surface area is 139 Å². The first-order chi connectivity index (χ1) is 11.5. The van der Waals surface area contributed by atoms with Gasteiger partial charge in [0.2, 0.25) is 5.91 Å². The largest absolute Gasteiger partial charge is 0.325 e. The lowest BCUT2D eigenvalue weighted by Crippen LogP contribution is -2.29. The number of pyridine rings is 1. The number of alkyl halides is 1. The molecule has 2 heterocycles. The van der Waals surface area contributed by atoms with Crippen molar-refractivity contribution in [2.45, 2.75) is 32.0 Å². The summed E-state index contributed by atoms with van der Waals surface area (Å²) in [7, 11) is 0. The van der Waals surface area contributed by atoms with Crippen molar-refractivity contribution in [3.63, 3.8) is 0 Å². The first kappa shape index (κ1) is 16.5. The van der Waals surface area contributed by atoms with Gasteiger partial charge < -0.3 is 11.1 Å². The lowest BCUT2D eigenvalue weighted by atomic mass is 9.95. The molecule has 1 unspecified atom stereocenters. The molecule has 0 radical (unpaired) electrons. The third-order valence-corrected chi connectivity index (χ3v) is 4.42. The number of nitrogens with one attached hydrogen (secondary N) is 1. The molecule has 3 atom stereocenters. The molecule has 3 N–H and O–H groups in total. The normalized spacial score (nSPS) is 24.3. The quantitative estimate of drug-likeness (QED) is 0.775. The van der Waals surface area contributed by atoms with Crippen molar-refractivity contribution in [1.29, 1.82) is 0 Å². The van der Waals surface area contributed by atoms with Crippen LogP contribution in [0.25, 0.3) is 11.1 Å². The lowest BCUT2D eigenvalue weighted by Gasteiger charge is -2.21. The molecule has 1 aliphatic rings. The van der Waals surface area contributed by atoms with E-state index in [9.17, 15) is 13.6 Å². The zero-order chi connectivity index (χ0) is 17.3. The Morgan fingerprint density at radius 2 is 2.04 bits per heavy atom. The maximum absolute atomic E-state index is 14.3. The van der Waals surface area contributed by atoms with Crippen molar-refractivity contribution < 1.29 is 13.6 Å². The molecule has 6 heteroatoms. The molecule has 1 aromatic heterocycles. The Morgan fingerprint density at radius 1 is 1.25 bits per heavy atom. The first-order valence-corrected chi connectivity index (χ1v) is 7.92. The summed E-state index contributed by atoms with van der Waals surface area (Å²) in [5.41, 5.74) is 8.38. The van der Waals surface area contributed by atoms with Gasteiger partial charge in [0.25, 0.3) is 0 Å². The van der Waals surface area contributed by atoms with Crippen LogP contribution in [-0.4, -0.2) is 17.1 Å². The molecule has 0 fully saturated rings. The Morgan fingerprint density at radius 3 is 2.83 bits per heavy atom. The second-order valence-corrected chi connectivity index (χ2v) is 6.14. The summed E-state index contributed by atoms with van der Waals surface area (Å²) < 4.78 is 28.0. The molecule has 0 saturated carbocycles. The topological polar surface area (TPSA) is 68.0 Å². The lowest BCUT2D eigenvalue weighted by molar-refractivity contribution is -0.121. The highest BCUT2D eigenvalue weighted by atomic mass is 19.1. The molecule has 1 aromatic carbocycles. The number of rotatable bonds is 0. The van der Waals surface area contributed by atoms with E-state index in [0.717, 1.165) is 0 Å². The minimum absolute atomic E-state index is 0.179. The van der Waals surface area contributed by atoms with Gasteiger partial charge in [-0.15, -0.1) is 0 Å². The van der Waals surface area contributed by atoms with Crippen LogP contribution < -0.4 is 11.1 Å². The van der Waals surface area contributed by atoms with Crippen molar-refractivity contribution in [1.82, 2.24) is 4.98 Å². The number of nitrogens with two attached hydrogens (primary N) is 1. The van der Waals surface area contributed by atoms with E-state index in [0.29, 0.717) is 28.9 Å². The van der Waals surface area contributed by atoms with Gasteiger partial charge in [0, 0.05) is 23.5 Å². The van der Waals surface area contributed by atoms with Crippen LogP contribution in [0.5, 0.6) is 0 Å². The van der Waals surface area contributed by atoms with E-state index < -0.39 is 29.9 Å². The van der Waals surface area contributed by atoms with Gasteiger partial charge >= 0.3 is 0 Å². The number of carbonyl (C=O) groups excluding carboxylic acids is 1. The summed E-state index contributed by atoms with van der Waals surface area (Å²) in [5.74, 6) is -1.67. The second kappa shape index (κ2) is 6.65. The van der Waals surface area contributed by atoms with E-state index >= 15 is 0 Å². The van der Waals surface area contributed by atoms with E-state index in [-0.39, 0.29) is 6.42 Å². The summed E-state index contributed by atoms with van der Waals surface area (Å²) >= 11 is 0. The first-order valence-electron chi connectivity index (χ1n) is 7.92. The predicted molar refractivity (Wildman–Crippen MR) is 88.5 cm³/mol. The van der Waals surface area contributed by atoms with Crippen molar-refractivity contribution >= 4 is 11.6 Å². The molecule has 1 amide bonds. The van der Waals surface area contributed by atoms with E-state index in [4.69, 9.17) is 5.73 Å². The van der Waals surface area contributed by atoms with Gasteiger partial charge in [-0.25, -0.2) is 8.78 Å². The number of hydrogen-bond donors (Lipinski definition) is 2. The number of carbonyl (C=O) groups is 1. The molecule has 0 saturated heterocycles. The average molecular weight is 331 g/mol. The standard InChI is InChI=1S/C18H19F2N3O/c1-10-14(20)3-4-15(21)17-8-11(6-7-22-17)13-9-12(19)2-5-16(13)23-18(10)24/h2,5-10,14-15H,3-4,21H2,1H3,(H,23,24)/t10-,14?,15+/m1/s1. The summed E-state index contributed by atoms with van der Waals surface area (Å²) in [6.45, 7) is 1.54. The fraction of sp³-hybridized carbons (Fsp3) is 0.333. The number of halogens is 2. The molecular formula is C18H19F2N3O. The molecule has 3 rings (SSSR count). The number of hydrogen-bond acceptors (Lipinski definition) is 3. The Balaban J connectivity index is 2.13. The third-order valence-electron chi connectivity index (χ3n) is 4.42. The average Bonchev–Trinajstić information content (AvgIpc) is 2.59. The van der Waals surface area contributed by atoms with Crippen LogP contribution in [0.3, 0.4) is 0 Å². The highest BCUT2D eigenvalue weighted by Gasteiger charge is 2.26. The van der Waals surface area contributed by atoms with Crippen LogP contribution in [0.4, 0.5) is 14.5 Å². The van der Waals surface area contributed by atoms with Crippen molar-refractivity contribution in [3.8, 4) is 11.1 Å². The monoisotopic (exact) mass is 331 g/mol. The van der Waals surface area contributed by atoms with Crippen LogP contribution >= 0.6 is 0 Å². The zero-order valence-corrected chi connectivity index (χ0v) is 13.3. The van der Waals surface area contributed by atoms with Crippen LogP contribution in [0.2, 0.25) is 0 Å². The molecule has 2 bridgehead atoms. The molecular weight excluding hydrogens is 312 g/mol. The SMILES string of the molecule is C[C@H]1C(=O)Nc2ccc(F)cc2-c2ccnc(c2)[C@@H](N)CCC1F. The van der Waals surface area contributed by atoms with Gasteiger partial charge in [0.1, 0.15) is 12.0 Å². The van der Waals surface area contributed by atoms with Gasteiger partial charge in [-0.3, -0.25) is 9.78 Å². The highest BCUT2D eigenvalue weighted by molar-refractivity contribution is 5.97. The van der Waals surface area contributed by atoms with Gasteiger partial charge in [-0.2, -0.15) is 0 Å². The summed E-state index contributed by atoms with van der Waals surface area (Å²) in [6, 6.07) is 7.13. The van der Waals surface area contributed by atoms with E-state index in [1.807, 2.05) is 0 Å². The minimum Gasteiger partial charge on any atom is -0.325 e. The maximum atomic E-state index is 14.3. The van der Waals surface area contributed by atoms with Gasteiger partial charge in [0.15, 0.2) is 0 Å². The number of aromatic nitrogens is 1. The number of nitrogens with zero attached hydrogens (tertiary/aromatic N) is 1. The van der Waals surface area contributed by atoms with Crippen LogP contribution in [-0.2, 0) is 4.79 Å². The van der Waals surface area contributed by atoms with Crippen LogP contribution in [0.1, 0.15) is 31.5 Å². The van der Waals surface area contributed by atoms with Crippen molar-refractivity contribution in [2.75, 3.05) is 5.32 Å². The molecule has 1 aliphatic heterocycles. The second-order valence-electron chi connectivity index (χ2n) is 6.14. The van der Waals surface area contributed by atoms with Crippen LogP contribution in [0.15, 0.2) is 36.5 Å². The molecule has 24 heavy (non-hydrogen) atoms. The highest BCUT2D eigenvalue weighted by Crippen LogP contribution is 2.32. The Kier molecular flexibility index (Phi) is 4.57. The molecule has 0 aliphatic carbocycles. The van der Waals surface area contributed by atoms with Crippen molar-refractivity contribution in [2.24, 2.45) is 11.7 Å².